The van der Waals surface area contributed by atoms with Crippen molar-refractivity contribution >= 4 is 67.3 Å². The fraction of sp³-hybridized carbons (Fsp3) is 1.00. The highest BCUT2D eigenvalue weighted by Crippen LogP contribution is 2.52. The minimum absolute atomic E-state index is 0.164. The first-order valence-corrected chi connectivity index (χ1v) is 9.65. The summed E-state index contributed by atoms with van der Waals surface area (Å²) in [5.74, 6) is 0. The van der Waals surface area contributed by atoms with Crippen LogP contribution in [0.25, 0.3) is 0 Å². The van der Waals surface area contributed by atoms with E-state index in [0.717, 1.165) is 12.8 Å². The standard InChI is InChI=1S/C6H16O8P2S4/c7-15(11-17,12-18)9-5-3-1-2-4-6-10-16(8,13-19)14-20/h17-20H,1-6H2. The van der Waals surface area contributed by atoms with Crippen molar-refractivity contribution in [1.82, 2.24) is 0 Å². The van der Waals surface area contributed by atoms with Gasteiger partial charge in [0.1, 0.15) is 0 Å². The van der Waals surface area contributed by atoms with Crippen LogP contribution < -0.4 is 0 Å². The van der Waals surface area contributed by atoms with Crippen LogP contribution in [0.4, 0.5) is 0 Å². The van der Waals surface area contributed by atoms with Crippen LogP contribution >= 0.6 is 67.3 Å². The summed E-state index contributed by atoms with van der Waals surface area (Å²) >= 11 is 13.4. The van der Waals surface area contributed by atoms with Gasteiger partial charge in [0.2, 0.25) is 0 Å². The average Bonchev–Trinajstić information content (AvgIpc) is 2.49. The topological polar surface area (TPSA) is 89.5 Å². The first-order valence-electron chi connectivity index (χ1n) is 5.27. The molecule has 0 aromatic heterocycles. The molecule has 0 aromatic rings. The molecular weight excluding hydrogens is 390 g/mol. The number of hydrogen-bond acceptors (Lipinski definition) is 12. The van der Waals surface area contributed by atoms with Crippen molar-refractivity contribution in [2.75, 3.05) is 13.2 Å². The molecule has 0 aliphatic heterocycles. The van der Waals surface area contributed by atoms with Crippen molar-refractivity contribution in [2.24, 2.45) is 0 Å². The number of unbranched alkanes of at least 4 members (excludes halogenated alkanes) is 3. The van der Waals surface area contributed by atoms with Crippen LogP contribution in [0, 0.1) is 0 Å². The molecule has 20 heavy (non-hydrogen) atoms. The molecule has 0 N–H and O–H groups in total. The van der Waals surface area contributed by atoms with E-state index in [-0.39, 0.29) is 13.2 Å². The lowest BCUT2D eigenvalue weighted by molar-refractivity contribution is 0.213. The first-order chi connectivity index (χ1) is 9.45. The molecule has 14 heteroatoms. The van der Waals surface area contributed by atoms with E-state index < -0.39 is 15.6 Å². The second-order valence-electron chi connectivity index (χ2n) is 3.30. The lowest BCUT2D eigenvalue weighted by Crippen LogP contribution is -1.96. The quantitative estimate of drug-likeness (QED) is 0.156. The van der Waals surface area contributed by atoms with Crippen LogP contribution in [0.1, 0.15) is 25.7 Å². The number of thiol groups is 4. The van der Waals surface area contributed by atoms with E-state index in [1.54, 1.807) is 0 Å². The van der Waals surface area contributed by atoms with Crippen LogP contribution in [0.3, 0.4) is 0 Å². The number of phosphoric acid groups is 2. The van der Waals surface area contributed by atoms with E-state index >= 15 is 0 Å². The molecule has 0 radical (unpaired) electrons. The zero-order valence-corrected chi connectivity index (χ0v) is 15.6. The van der Waals surface area contributed by atoms with Gasteiger partial charge in [-0.3, -0.25) is 9.05 Å². The van der Waals surface area contributed by atoms with Crippen LogP contribution in [-0.4, -0.2) is 13.2 Å². The minimum atomic E-state index is -3.66. The second-order valence-corrected chi connectivity index (χ2v) is 8.22. The van der Waals surface area contributed by atoms with E-state index in [2.05, 4.69) is 67.5 Å². The van der Waals surface area contributed by atoms with Gasteiger partial charge in [-0.2, -0.15) is 0 Å². The second kappa shape index (κ2) is 12.1. The van der Waals surface area contributed by atoms with Gasteiger partial charge in [-0.25, -0.2) is 25.0 Å². The smallest absolute Gasteiger partial charge is 0.286 e. The van der Waals surface area contributed by atoms with Gasteiger partial charge in [-0.15, -0.1) is 0 Å². The molecule has 0 spiro atoms. The zero-order chi connectivity index (χ0) is 15.5. The SMILES string of the molecule is O=P(OS)(OS)OCCCCCCOP(=O)(OS)OS. The summed E-state index contributed by atoms with van der Waals surface area (Å²) in [4.78, 5) is 0. The van der Waals surface area contributed by atoms with Crippen molar-refractivity contribution < 1.29 is 34.1 Å². The lowest BCUT2D eigenvalue weighted by Gasteiger charge is -2.11. The third kappa shape index (κ3) is 9.60. The highest BCUT2D eigenvalue weighted by molar-refractivity contribution is 7.85. The first kappa shape index (κ1) is 21.6. The third-order valence-corrected chi connectivity index (χ3v) is 6.14. The summed E-state index contributed by atoms with van der Waals surface area (Å²) in [6.45, 7) is 0.328. The molecular formula is C6H16O8P2S4. The van der Waals surface area contributed by atoms with Crippen LogP contribution in [0.5, 0.6) is 0 Å². The van der Waals surface area contributed by atoms with Gasteiger partial charge in [-0.1, -0.05) is 12.8 Å². The van der Waals surface area contributed by atoms with Crippen LogP contribution in [0.15, 0.2) is 0 Å². The number of hydrogen-bond donors (Lipinski definition) is 4. The maximum Gasteiger partial charge on any atom is 0.496 e. The van der Waals surface area contributed by atoms with Gasteiger partial charge in [0.15, 0.2) is 0 Å². The van der Waals surface area contributed by atoms with E-state index in [9.17, 15) is 9.13 Å². The molecule has 0 aliphatic rings. The predicted octanol–water partition coefficient (Wildman–Crippen LogP) is 4.24. The summed E-state index contributed by atoms with van der Waals surface area (Å²) in [6, 6.07) is 0. The largest absolute Gasteiger partial charge is 0.496 e. The van der Waals surface area contributed by atoms with Crippen LogP contribution in [0.2, 0.25) is 0 Å². The molecule has 0 saturated carbocycles. The fourth-order valence-electron chi connectivity index (χ4n) is 1.03. The van der Waals surface area contributed by atoms with Crippen molar-refractivity contribution in [3.8, 4) is 0 Å². The summed E-state index contributed by atoms with van der Waals surface area (Å²) in [5.41, 5.74) is 0. The van der Waals surface area contributed by atoms with Gasteiger partial charge in [0.25, 0.3) is 0 Å². The van der Waals surface area contributed by atoms with E-state index in [4.69, 9.17) is 9.05 Å². The lowest BCUT2D eigenvalue weighted by atomic mass is 10.2. The zero-order valence-electron chi connectivity index (χ0n) is 10.2. The van der Waals surface area contributed by atoms with Gasteiger partial charge >= 0.3 is 15.6 Å². The third-order valence-electron chi connectivity index (χ3n) is 1.94. The molecule has 0 atom stereocenters. The van der Waals surface area contributed by atoms with Crippen molar-refractivity contribution in [2.45, 2.75) is 25.7 Å². The van der Waals surface area contributed by atoms with Crippen molar-refractivity contribution in [3.05, 3.63) is 0 Å². The fourth-order valence-corrected chi connectivity index (χ4v) is 3.27. The Labute approximate surface area is 140 Å². The summed E-state index contributed by atoms with van der Waals surface area (Å²) in [5, 5.41) is 0. The number of rotatable bonds is 13. The summed E-state index contributed by atoms with van der Waals surface area (Å²) in [6.07, 6.45) is 2.75. The van der Waals surface area contributed by atoms with Crippen molar-refractivity contribution in [3.63, 3.8) is 0 Å². The van der Waals surface area contributed by atoms with Gasteiger partial charge in [0, 0.05) is 0 Å². The summed E-state index contributed by atoms with van der Waals surface area (Å²) < 4.78 is 49.3. The average molecular weight is 406 g/mol. The highest BCUT2D eigenvalue weighted by Gasteiger charge is 2.25. The molecule has 0 rings (SSSR count). The van der Waals surface area contributed by atoms with Crippen LogP contribution in [-0.2, 0) is 34.1 Å². The van der Waals surface area contributed by atoms with Gasteiger partial charge in [-0.05, 0) is 64.5 Å². The molecule has 122 valence electrons. The molecule has 0 heterocycles. The van der Waals surface area contributed by atoms with Gasteiger partial charge in [0.05, 0.1) is 13.2 Å². The Kier molecular flexibility index (Phi) is 13.1. The maximum atomic E-state index is 11.3. The molecule has 8 nitrogen and oxygen atoms in total. The highest BCUT2D eigenvalue weighted by atomic mass is 32.1. The van der Waals surface area contributed by atoms with Gasteiger partial charge < -0.3 is 0 Å². The Balaban J connectivity index is 3.55. The molecule has 0 bridgehead atoms. The Morgan fingerprint density at radius 3 is 1.15 bits per heavy atom. The normalized spacial score (nSPS) is 12.8. The maximum absolute atomic E-state index is 11.3. The minimum Gasteiger partial charge on any atom is -0.286 e. The van der Waals surface area contributed by atoms with E-state index in [1.165, 1.54) is 0 Å². The molecule has 0 amide bonds. The monoisotopic (exact) mass is 406 g/mol. The molecule has 0 fully saturated rings. The molecule has 0 saturated heterocycles. The Hall–Kier alpha value is 1.62. The Morgan fingerprint density at radius 2 is 0.900 bits per heavy atom. The van der Waals surface area contributed by atoms with E-state index in [0.29, 0.717) is 12.8 Å². The Morgan fingerprint density at radius 1 is 0.600 bits per heavy atom. The van der Waals surface area contributed by atoms with Crippen molar-refractivity contribution in [1.29, 1.82) is 0 Å². The van der Waals surface area contributed by atoms with E-state index in [1.807, 2.05) is 0 Å². The predicted molar refractivity (Wildman–Crippen MR) is 85.9 cm³/mol. The molecule has 0 aromatic carbocycles. The molecule has 0 unspecified atom stereocenters. The Bertz CT molecular complexity index is 297. The molecule has 0 aliphatic carbocycles. The summed E-state index contributed by atoms with van der Waals surface area (Å²) in [7, 11) is -7.31.